The average molecular weight is 428 g/mol. The van der Waals surface area contributed by atoms with Gasteiger partial charge < -0.3 is 14.5 Å². The van der Waals surface area contributed by atoms with Crippen molar-refractivity contribution in [1.82, 2.24) is 4.31 Å². The first-order valence-corrected chi connectivity index (χ1v) is 12.2. The van der Waals surface area contributed by atoms with Crippen molar-refractivity contribution in [2.24, 2.45) is 0 Å². The van der Waals surface area contributed by atoms with Gasteiger partial charge in [0.05, 0.1) is 29.5 Å². The standard InChI is InChI=1S/C23H29N3O3S/c1-17-5-6-19(18(2)14-17)16-26-22-15-20(30(27,28)24-10-12-29-13-11-24)7-8-21(22)25-9-3-4-23(25)26/h5-8,14-15,23H,3-4,9-13,16H2,1-2H3. The van der Waals surface area contributed by atoms with Gasteiger partial charge >= 0.3 is 0 Å². The minimum atomic E-state index is -3.51. The molecule has 0 N–H and O–H groups in total. The van der Waals surface area contributed by atoms with Crippen molar-refractivity contribution in [2.75, 3.05) is 42.6 Å². The molecular formula is C23H29N3O3S. The lowest BCUT2D eigenvalue weighted by Crippen LogP contribution is -2.40. The fraction of sp³-hybridized carbons (Fsp3) is 0.478. The number of fused-ring (bicyclic) bond motifs is 3. The molecule has 0 bridgehead atoms. The molecule has 3 aliphatic rings. The van der Waals surface area contributed by atoms with Crippen LogP contribution in [0.1, 0.15) is 29.5 Å². The van der Waals surface area contributed by atoms with Crippen molar-refractivity contribution in [1.29, 1.82) is 0 Å². The van der Waals surface area contributed by atoms with Crippen LogP contribution in [0.2, 0.25) is 0 Å². The van der Waals surface area contributed by atoms with Gasteiger partial charge in [-0.3, -0.25) is 0 Å². The monoisotopic (exact) mass is 427 g/mol. The van der Waals surface area contributed by atoms with E-state index in [2.05, 4.69) is 41.8 Å². The first-order chi connectivity index (χ1) is 14.4. The zero-order chi connectivity index (χ0) is 20.9. The maximum Gasteiger partial charge on any atom is 0.243 e. The summed E-state index contributed by atoms with van der Waals surface area (Å²) in [7, 11) is -3.51. The molecular weight excluding hydrogens is 398 g/mol. The minimum absolute atomic E-state index is 0.307. The molecule has 0 radical (unpaired) electrons. The predicted octanol–water partition coefficient (Wildman–Crippen LogP) is 3.27. The van der Waals surface area contributed by atoms with E-state index in [1.807, 2.05) is 12.1 Å². The fourth-order valence-electron chi connectivity index (χ4n) is 4.98. The number of aryl methyl sites for hydroxylation is 2. The highest BCUT2D eigenvalue weighted by Crippen LogP contribution is 2.46. The lowest BCUT2D eigenvalue weighted by atomic mass is 10.0. The minimum Gasteiger partial charge on any atom is -0.379 e. The highest BCUT2D eigenvalue weighted by atomic mass is 32.2. The van der Waals surface area contributed by atoms with Crippen LogP contribution < -0.4 is 9.80 Å². The molecule has 3 aliphatic heterocycles. The van der Waals surface area contributed by atoms with Crippen LogP contribution in [0.25, 0.3) is 0 Å². The molecule has 7 heteroatoms. The van der Waals surface area contributed by atoms with E-state index >= 15 is 0 Å². The summed E-state index contributed by atoms with van der Waals surface area (Å²) in [5.74, 6) is 0. The molecule has 0 amide bonds. The molecule has 0 spiro atoms. The van der Waals surface area contributed by atoms with Gasteiger partial charge in [-0.15, -0.1) is 0 Å². The van der Waals surface area contributed by atoms with E-state index < -0.39 is 10.0 Å². The number of hydrogen-bond acceptors (Lipinski definition) is 5. The van der Waals surface area contributed by atoms with Gasteiger partial charge in [-0.2, -0.15) is 4.31 Å². The molecule has 0 saturated carbocycles. The van der Waals surface area contributed by atoms with Crippen molar-refractivity contribution < 1.29 is 13.2 Å². The van der Waals surface area contributed by atoms with Crippen LogP contribution in [0.3, 0.4) is 0 Å². The highest BCUT2D eigenvalue weighted by molar-refractivity contribution is 7.89. The van der Waals surface area contributed by atoms with E-state index in [9.17, 15) is 8.42 Å². The predicted molar refractivity (Wildman–Crippen MR) is 118 cm³/mol. The third-order valence-corrected chi connectivity index (χ3v) is 8.49. The van der Waals surface area contributed by atoms with E-state index in [0.29, 0.717) is 37.4 Å². The molecule has 6 nitrogen and oxygen atoms in total. The van der Waals surface area contributed by atoms with E-state index in [-0.39, 0.29) is 0 Å². The fourth-order valence-corrected chi connectivity index (χ4v) is 6.41. The van der Waals surface area contributed by atoms with Crippen molar-refractivity contribution in [3.63, 3.8) is 0 Å². The van der Waals surface area contributed by atoms with Crippen LogP contribution in [-0.2, 0) is 21.3 Å². The van der Waals surface area contributed by atoms with Crippen LogP contribution in [0.15, 0.2) is 41.3 Å². The number of anilines is 2. The molecule has 30 heavy (non-hydrogen) atoms. The zero-order valence-corrected chi connectivity index (χ0v) is 18.5. The van der Waals surface area contributed by atoms with Gasteiger partial charge in [0.25, 0.3) is 0 Å². The van der Waals surface area contributed by atoms with Gasteiger partial charge in [0.2, 0.25) is 10.0 Å². The van der Waals surface area contributed by atoms with E-state index in [0.717, 1.165) is 30.9 Å². The lowest BCUT2D eigenvalue weighted by Gasteiger charge is -2.29. The summed E-state index contributed by atoms with van der Waals surface area (Å²) in [4.78, 5) is 5.22. The van der Waals surface area contributed by atoms with Crippen LogP contribution in [0.5, 0.6) is 0 Å². The van der Waals surface area contributed by atoms with Gasteiger partial charge in [-0.25, -0.2) is 8.42 Å². The van der Waals surface area contributed by atoms with Crippen molar-refractivity contribution in [3.05, 3.63) is 53.1 Å². The molecule has 0 aromatic heterocycles. The molecule has 3 heterocycles. The Labute approximate surface area is 179 Å². The van der Waals surface area contributed by atoms with Crippen LogP contribution in [-0.4, -0.2) is 51.7 Å². The van der Waals surface area contributed by atoms with Gasteiger partial charge in [0, 0.05) is 26.2 Å². The summed E-state index contributed by atoms with van der Waals surface area (Å²) in [6.07, 6.45) is 2.58. The molecule has 160 valence electrons. The summed E-state index contributed by atoms with van der Waals surface area (Å²) >= 11 is 0. The molecule has 1 unspecified atom stereocenters. The summed E-state index contributed by atoms with van der Waals surface area (Å²) in [6, 6.07) is 12.3. The average Bonchev–Trinajstić information content (AvgIpc) is 3.32. The molecule has 5 rings (SSSR count). The smallest absolute Gasteiger partial charge is 0.243 e. The third-order valence-electron chi connectivity index (χ3n) is 6.59. The van der Waals surface area contributed by atoms with Gasteiger partial charge in [0.1, 0.15) is 6.17 Å². The van der Waals surface area contributed by atoms with Crippen LogP contribution >= 0.6 is 0 Å². The quantitative estimate of drug-likeness (QED) is 0.750. The maximum atomic E-state index is 13.2. The molecule has 0 aliphatic carbocycles. The second-order valence-corrected chi connectivity index (χ2v) is 10.5. The summed E-state index contributed by atoms with van der Waals surface area (Å²) in [6.45, 7) is 7.84. The number of ether oxygens (including phenoxy) is 1. The molecule has 2 fully saturated rings. The Hall–Kier alpha value is -2.09. The van der Waals surface area contributed by atoms with Crippen molar-refractivity contribution in [2.45, 2.75) is 44.3 Å². The Morgan fingerprint density at radius 1 is 1.00 bits per heavy atom. The Bertz CT molecular complexity index is 1060. The molecule has 2 aromatic rings. The van der Waals surface area contributed by atoms with Gasteiger partial charge in [-0.1, -0.05) is 23.8 Å². The van der Waals surface area contributed by atoms with Crippen LogP contribution in [0.4, 0.5) is 11.4 Å². The number of morpholine rings is 1. The second kappa shape index (κ2) is 7.55. The number of rotatable bonds is 4. The zero-order valence-electron chi connectivity index (χ0n) is 17.7. The number of nitrogens with zero attached hydrogens (tertiary/aromatic N) is 3. The van der Waals surface area contributed by atoms with Crippen molar-refractivity contribution >= 4 is 21.4 Å². The molecule has 2 saturated heterocycles. The number of sulfonamides is 1. The first-order valence-electron chi connectivity index (χ1n) is 10.8. The van der Waals surface area contributed by atoms with Gasteiger partial charge in [0.15, 0.2) is 0 Å². The van der Waals surface area contributed by atoms with Gasteiger partial charge in [-0.05, 0) is 56.0 Å². The Morgan fingerprint density at radius 3 is 2.57 bits per heavy atom. The second-order valence-electron chi connectivity index (χ2n) is 8.54. The summed E-state index contributed by atoms with van der Waals surface area (Å²) in [5.41, 5.74) is 6.03. The number of hydrogen-bond donors (Lipinski definition) is 0. The Kier molecular flexibility index (Phi) is 5.00. The maximum absolute atomic E-state index is 13.2. The van der Waals surface area contributed by atoms with E-state index in [1.54, 1.807) is 10.4 Å². The van der Waals surface area contributed by atoms with Crippen molar-refractivity contribution in [3.8, 4) is 0 Å². The highest BCUT2D eigenvalue weighted by Gasteiger charge is 2.40. The topological polar surface area (TPSA) is 53.1 Å². The van der Waals surface area contributed by atoms with E-state index in [1.165, 1.54) is 23.1 Å². The Balaban J connectivity index is 1.52. The summed E-state index contributed by atoms with van der Waals surface area (Å²) < 4.78 is 33.3. The SMILES string of the molecule is Cc1ccc(CN2c3cc(S(=O)(=O)N4CCOCC4)ccc3N3CCCC32)c(C)c1. The van der Waals surface area contributed by atoms with E-state index in [4.69, 9.17) is 4.74 Å². The summed E-state index contributed by atoms with van der Waals surface area (Å²) in [5, 5.41) is 0. The molecule has 1 atom stereocenters. The number of benzene rings is 2. The Morgan fingerprint density at radius 2 is 1.80 bits per heavy atom. The third kappa shape index (κ3) is 3.29. The molecule has 2 aromatic carbocycles. The lowest BCUT2D eigenvalue weighted by molar-refractivity contribution is 0.0730. The largest absolute Gasteiger partial charge is 0.379 e. The van der Waals surface area contributed by atoms with Crippen LogP contribution in [0, 0.1) is 13.8 Å². The first kappa shape index (κ1) is 19.8. The normalized spacial score (nSPS) is 21.7.